The third-order valence-electron chi connectivity index (χ3n) is 4.75. The predicted molar refractivity (Wildman–Crippen MR) is 116 cm³/mol. The maximum atomic E-state index is 12.4. The highest BCUT2D eigenvalue weighted by atomic mass is 35.5. The average Bonchev–Trinajstić information content (AvgIpc) is 2.69. The number of ether oxygens (including phenoxy) is 1. The summed E-state index contributed by atoms with van der Waals surface area (Å²) < 4.78 is 5.53. The minimum absolute atomic E-state index is 0.0322. The van der Waals surface area contributed by atoms with Crippen LogP contribution in [0.25, 0.3) is 0 Å². The Morgan fingerprint density at radius 3 is 2.60 bits per heavy atom. The Morgan fingerprint density at radius 2 is 1.93 bits per heavy atom. The van der Waals surface area contributed by atoms with Crippen molar-refractivity contribution in [3.8, 4) is 5.75 Å². The molecule has 0 spiro atoms. The fraction of sp³-hybridized carbons (Fsp3) is 0.571. The molecule has 1 heterocycles. The molecule has 30 heavy (non-hydrogen) atoms. The van der Waals surface area contributed by atoms with Crippen LogP contribution in [0.2, 0.25) is 10.0 Å². The van der Waals surface area contributed by atoms with Gasteiger partial charge in [-0.1, -0.05) is 44.0 Å². The molecular weight excluding hydrogens is 429 g/mol. The van der Waals surface area contributed by atoms with Gasteiger partial charge in [0, 0.05) is 29.9 Å². The molecule has 0 aromatic heterocycles. The molecule has 7 nitrogen and oxygen atoms in total. The molecule has 0 aliphatic carbocycles. The first-order valence-electron chi connectivity index (χ1n) is 10.0. The summed E-state index contributed by atoms with van der Waals surface area (Å²) in [4.78, 5) is 38.5. The van der Waals surface area contributed by atoms with Gasteiger partial charge in [-0.25, -0.2) is 0 Å². The van der Waals surface area contributed by atoms with E-state index in [0.29, 0.717) is 48.3 Å². The van der Waals surface area contributed by atoms with E-state index >= 15 is 0 Å². The van der Waals surface area contributed by atoms with Crippen molar-refractivity contribution in [1.82, 2.24) is 15.8 Å². The quantitative estimate of drug-likeness (QED) is 0.504. The first kappa shape index (κ1) is 24.3. The second-order valence-corrected chi connectivity index (χ2v) is 9.25. The van der Waals surface area contributed by atoms with Gasteiger partial charge in [0.1, 0.15) is 5.75 Å². The van der Waals surface area contributed by atoms with Gasteiger partial charge in [0.15, 0.2) is 0 Å². The minimum Gasteiger partial charge on any atom is -0.492 e. The molecule has 1 aliphatic rings. The Morgan fingerprint density at radius 1 is 1.20 bits per heavy atom. The van der Waals surface area contributed by atoms with Gasteiger partial charge in [-0.3, -0.25) is 25.2 Å². The van der Waals surface area contributed by atoms with Gasteiger partial charge in [-0.2, -0.15) is 0 Å². The Kier molecular flexibility index (Phi) is 8.79. The number of hydrogen-bond donors (Lipinski definition) is 2. The van der Waals surface area contributed by atoms with E-state index in [1.54, 1.807) is 23.1 Å². The maximum Gasteiger partial charge on any atom is 0.243 e. The SMILES string of the molecule is CC(C)(C)C(=O)N1CCCC(C(=O)NNC(=O)CCCOc2ccc(Cl)cc2Cl)C1. The zero-order chi connectivity index (χ0) is 22.3. The molecule has 166 valence electrons. The number of nitrogens with zero attached hydrogens (tertiary/aromatic N) is 1. The number of carbonyl (C=O) groups excluding carboxylic acids is 3. The van der Waals surface area contributed by atoms with Crippen molar-refractivity contribution in [1.29, 1.82) is 0 Å². The number of likely N-dealkylation sites (tertiary alicyclic amines) is 1. The highest BCUT2D eigenvalue weighted by molar-refractivity contribution is 6.35. The summed E-state index contributed by atoms with van der Waals surface area (Å²) in [5.74, 6) is -0.390. The molecule has 0 radical (unpaired) electrons. The van der Waals surface area contributed by atoms with E-state index in [2.05, 4.69) is 10.9 Å². The van der Waals surface area contributed by atoms with Crippen molar-refractivity contribution >= 4 is 40.9 Å². The van der Waals surface area contributed by atoms with E-state index in [1.165, 1.54) is 0 Å². The van der Waals surface area contributed by atoms with Crippen LogP contribution < -0.4 is 15.6 Å². The van der Waals surface area contributed by atoms with Crippen LogP contribution >= 0.6 is 23.2 Å². The second kappa shape index (κ2) is 10.9. The minimum atomic E-state index is -0.481. The molecule has 1 saturated heterocycles. The van der Waals surface area contributed by atoms with Crippen LogP contribution in [0.15, 0.2) is 18.2 Å². The summed E-state index contributed by atoms with van der Waals surface area (Å²) >= 11 is 11.9. The number of amides is 3. The smallest absolute Gasteiger partial charge is 0.243 e. The fourth-order valence-electron chi connectivity index (χ4n) is 3.15. The van der Waals surface area contributed by atoms with Crippen LogP contribution in [-0.2, 0) is 14.4 Å². The lowest BCUT2D eigenvalue weighted by atomic mass is 9.91. The summed E-state index contributed by atoms with van der Waals surface area (Å²) in [6.07, 6.45) is 2.09. The summed E-state index contributed by atoms with van der Waals surface area (Å²) in [7, 11) is 0. The number of nitrogens with one attached hydrogen (secondary N) is 2. The lowest BCUT2D eigenvalue weighted by Crippen LogP contribution is -2.51. The summed E-state index contributed by atoms with van der Waals surface area (Å²) in [5.41, 5.74) is 4.42. The van der Waals surface area contributed by atoms with E-state index in [1.807, 2.05) is 20.8 Å². The number of rotatable bonds is 6. The lowest BCUT2D eigenvalue weighted by molar-refractivity contribution is -0.143. The highest BCUT2D eigenvalue weighted by Crippen LogP contribution is 2.27. The Hall–Kier alpha value is -1.99. The summed E-state index contributed by atoms with van der Waals surface area (Å²) in [6.45, 7) is 6.92. The largest absolute Gasteiger partial charge is 0.492 e. The standard InChI is InChI=1S/C21H29Cl2N3O4/c1-21(2,3)20(29)26-10-4-6-14(13-26)19(28)25-24-18(27)7-5-11-30-17-9-8-15(22)12-16(17)23/h8-9,12,14H,4-7,10-11,13H2,1-3H3,(H,24,27)(H,25,28). The zero-order valence-corrected chi connectivity index (χ0v) is 19.1. The second-order valence-electron chi connectivity index (χ2n) is 8.40. The zero-order valence-electron chi connectivity index (χ0n) is 17.6. The number of hydrazine groups is 1. The Balaban J connectivity index is 1.68. The first-order valence-corrected chi connectivity index (χ1v) is 10.8. The van der Waals surface area contributed by atoms with E-state index < -0.39 is 5.41 Å². The molecule has 3 amide bonds. The van der Waals surface area contributed by atoms with Gasteiger partial charge < -0.3 is 9.64 Å². The average molecular weight is 458 g/mol. The molecule has 1 fully saturated rings. The Labute approximate surface area is 187 Å². The molecule has 1 atom stereocenters. The molecular formula is C21H29Cl2N3O4. The van der Waals surface area contributed by atoms with Gasteiger partial charge in [-0.15, -0.1) is 0 Å². The first-order chi connectivity index (χ1) is 14.1. The van der Waals surface area contributed by atoms with E-state index in [9.17, 15) is 14.4 Å². The molecule has 0 saturated carbocycles. The number of halogens is 2. The van der Waals surface area contributed by atoms with Crippen molar-refractivity contribution in [3.63, 3.8) is 0 Å². The summed E-state index contributed by atoms with van der Waals surface area (Å²) in [6, 6.07) is 4.93. The third-order valence-corrected chi connectivity index (χ3v) is 5.28. The van der Waals surface area contributed by atoms with Crippen molar-refractivity contribution in [2.75, 3.05) is 19.7 Å². The number of carbonyl (C=O) groups is 3. The molecule has 2 N–H and O–H groups in total. The van der Waals surface area contributed by atoms with E-state index in [0.717, 1.165) is 6.42 Å². The molecule has 9 heteroatoms. The van der Waals surface area contributed by atoms with Crippen molar-refractivity contribution < 1.29 is 19.1 Å². The van der Waals surface area contributed by atoms with Crippen molar-refractivity contribution in [2.24, 2.45) is 11.3 Å². The van der Waals surface area contributed by atoms with Crippen molar-refractivity contribution in [3.05, 3.63) is 28.2 Å². The fourth-order valence-corrected chi connectivity index (χ4v) is 3.62. The van der Waals surface area contributed by atoms with Gasteiger partial charge in [0.25, 0.3) is 0 Å². The van der Waals surface area contributed by atoms with Crippen LogP contribution in [0.5, 0.6) is 5.75 Å². The number of piperidine rings is 1. The molecule has 1 aromatic carbocycles. The third kappa shape index (κ3) is 7.36. The molecule has 1 aromatic rings. The molecule has 1 aliphatic heterocycles. The van der Waals surface area contributed by atoms with Crippen LogP contribution in [0.1, 0.15) is 46.5 Å². The van der Waals surface area contributed by atoms with Crippen LogP contribution in [0, 0.1) is 11.3 Å². The van der Waals surface area contributed by atoms with Crippen LogP contribution in [0.4, 0.5) is 0 Å². The van der Waals surface area contributed by atoms with Gasteiger partial charge in [0.2, 0.25) is 17.7 Å². The van der Waals surface area contributed by atoms with E-state index in [4.69, 9.17) is 27.9 Å². The van der Waals surface area contributed by atoms with E-state index in [-0.39, 0.29) is 30.1 Å². The van der Waals surface area contributed by atoms with Crippen LogP contribution in [-0.4, -0.2) is 42.3 Å². The lowest BCUT2D eigenvalue weighted by Gasteiger charge is -2.35. The maximum absolute atomic E-state index is 12.4. The van der Waals surface area contributed by atoms with Gasteiger partial charge in [-0.05, 0) is 37.5 Å². The van der Waals surface area contributed by atoms with Crippen LogP contribution in [0.3, 0.4) is 0 Å². The topological polar surface area (TPSA) is 87.7 Å². The number of hydrogen-bond acceptors (Lipinski definition) is 4. The summed E-state index contributed by atoms with van der Waals surface area (Å²) in [5, 5.41) is 0.928. The normalized spacial score (nSPS) is 16.7. The Bertz CT molecular complexity index is 780. The highest BCUT2D eigenvalue weighted by Gasteiger charge is 2.33. The molecule has 0 bridgehead atoms. The van der Waals surface area contributed by atoms with Gasteiger partial charge >= 0.3 is 0 Å². The molecule has 1 unspecified atom stereocenters. The number of benzene rings is 1. The molecule has 2 rings (SSSR count). The predicted octanol–water partition coefficient (Wildman–Crippen LogP) is 3.58. The van der Waals surface area contributed by atoms with Crippen molar-refractivity contribution in [2.45, 2.75) is 46.5 Å². The van der Waals surface area contributed by atoms with Gasteiger partial charge in [0.05, 0.1) is 17.5 Å². The monoisotopic (exact) mass is 457 g/mol.